The lowest BCUT2D eigenvalue weighted by molar-refractivity contribution is 0.0734. The fourth-order valence-electron chi connectivity index (χ4n) is 3.24. The highest BCUT2D eigenvalue weighted by atomic mass is 35.5. The molecule has 0 radical (unpaired) electrons. The molecule has 0 saturated heterocycles. The molecule has 0 fully saturated rings. The smallest absolute Gasteiger partial charge is 0.343 e. The molecule has 33 heavy (non-hydrogen) atoms. The van der Waals surface area contributed by atoms with Crippen LogP contribution in [0.3, 0.4) is 0 Å². The van der Waals surface area contributed by atoms with Crippen LogP contribution in [-0.2, 0) is 0 Å². The molecule has 0 aliphatic rings. The number of halogens is 2. The summed E-state index contributed by atoms with van der Waals surface area (Å²) < 4.78 is 5.68. The minimum absolute atomic E-state index is 0.216. The molecule has 0 aliphatic carbocycles. The molecular weight excluding hydrogens is 459 g/mol. The number of hydrazone groups is 1. The second-order valence-corrected chi connectivity index (χ2v) is 8.12. The minimum Gasteiger partial charge on any atom is -0.422 e. The molecule has 0 aromatic heterocycles. The van der Waals surface area contributed by atoms with Gasteiger partial charge in [0.05, 0.1) is 22.4 Å². The lowest BCUT2D eigenvalue weighted by Crippen LogP contribution is -2.18. The molecule has 0 spiro atoms. The number of amides is 1. The Balaban J connectivity index is 1.63. The Kier molecular flexibility index (Phi) is 6.73. The molecule has 0 atom stereocenters. The molecule has 4 aromatic carbocycles. The summed E-state index contributed by atoms with van der Waals surface area (Å²) in [5.41, 5.74) is 4.72. The zero-order chi connectivity index (χ0) is 23.4. The van der Waals surface area contributed by atoms with E-state index in [0.29, 0.717) is 21.9 Å². The van der Waals surface area contributed by atoms with Gasteiger partial charge in [-0.2, -0.15) is 5.10 Å². The number of esters is 1. The first-order chi connectivity index (χ1) is 15.9. The summed E-state index contributed by atoms with van der Waals surface area (Å²) in [6, 6.07) is 22.8. The normalized spacial score (nSPS) is 11.0. The van der Waals surface area contributed by atoms with E-state index < -0.39 is 11.9 Å². The molecule has 0 saturated carbocycles. The van der Waals surface area contributed by atoms with Gasteiger partial charge >= 0.3 is 5.97 Å². The van der Waals surface area contributed by atoms with E-state index in [4.69, 9.17) is 27.9 Å². The van der Waals surface area contributed by atoms with Gasteiger partial charge in [0.2, 0.25) is 0 Å². The van der Waals surface area contributed by atoms with Crippen molar-refractivity contribution in [2.75, 3.05) is 0 Å². The van der Waals surface area contributed by atoms with E-state index >= 15 is 0 Å². The Morgan fingerprint density at radius 1 is 0.939 bits per heavy atom. The van der Waals surface area contributed by atoms with Gasteiger partial charge in [0, 0.05) is 10.6 Å². The second-order valence-electron chi connectivity index (χ2n) is 7.28. The highest BCUT2D eigenvalue weighted by molar-refractivity contribution is 6.36. The van der Waals surface area contributed by atoms with E-state index in [1.165, 1.54) is 18.3 Å². The maximum absolute atomic E-state index is 12.7. The monoisotopic (exact) mass is 476 g/mol. The van der Waals surface area contributed by atoms with Crippen molar-refractivity contribution < 1.29 is 14.3 Å². The van der Waals surface area contributed by atoms with Crippen molar-refractivity contribution >= 4 is 52.1 Å². The largest absolute Gasteiger partial charge is 0.422 e. The van der Waals surface area contributed by atoms with Crippen molar-refractivity contribution in [1.29, 1.82) is 0 Å². The summed E-state index contributed by atoms with van der Waals surface area (Å²) >= 11 is 12.0. The van der Waals surface area contributed by atoms with Crippen LogP contribution in [0.25, 0.3) is 10.8 Å². The number of hydrogen-bond acceptors (Lipinski definition) is 4. The van der Waals surface area contributed by atoms with Crippen LogP contribution in [0.1, 0.15) is 31.8 Å². The molecule has 5 nitrogen and oxygen atoms in total. The molecule has 4 aromatic rings. The van der Waals surface area contributed by atoms with Gasteiger partial charge in [0.1, 0.15) is 5.75 Å². The highest BCUT2D eigenvalue weighted by Gasteiger charge is 2.14. The predicted octanol–water partition coefficient (Wildman–Crippen LogP) is 6.44. The van der Waals surface area contributed by atoms with Gasteiger partial charge in [-0.25, -0.2) is 10.2 Å². The maximum Gasteiger partial charge on any atom is 0.343 e. The molecule has 0 bridgehead atoms. The maximum atomic E-state index is 12.7. The number of hydrogen-bond donors (Lipinski definition) is 1. The average Bonchev–Trinajstić information content (AvgIpc) is 2.80. The van der Waals surface area contributed by atoms with Crippen molar-refractivity contribution in [3.8, 4) is 5.75 Å². The third kappa shape index (κ3) is 5.22. The minimum atomic E-state index is -0.494. The van der Waals surface area contributed by atoms with E-state index in [2.05, 4.69) is 10.5 Å². The number of rotatable bonds is 5. The Bertz CT molecular complexity index is 1380. The number of fused-ring (bicyclic) bond motifs is 1. The van der Waals surface area contributed by atoms with Gasteiger partial charge in [0.25, 0.3) is 5.91 Å². The predicted molar refractivity (Wildman–Crippen MR) is 132 cm³/mol. The van der Waals surface area contributed by atoms with Crippen LogP contribution in [-0.4, -0.2) is 18.1 Å². The molecule has 4 rings (SSSR count). The van der Waals surface area contributed by atoms with Gasteiger partial charge in [-0.1, -0.05) is 71.2 Å². The second kappa shape index (κ2) is 9.86. The fraction of sp³-hybridized carbons (Fsp3) is 0.0385. The van der Waals surface area contributed by atoms with Crippen LogP contribution >= 0.6 is 23.2 Å². The topological polar surface area (TPSA) is 67.8 Å². The Hall–Kier alpha value is -3.67. The number of aryl methyl sites for hydroxylation is 1. The third-order valence-electron chi connectivity index (χ3n) is 4.96. The first-order valence-electron chi connectivity index (χ1n) is 10.0. The molecule has 1 amide bonds. The van der Waals surface area contributed by atoms with Crippen LogP contribution in [0.5, 0.6) is 5.75 Å². The lowest BCUT2D eigenvalue weighted by atomic mass is 10.0. The Morgan fingerprint density at radius 2 is 1.70 bits per heavy atom. The molecular formula is C26H18Cl2N2O3. The number of ether oxygens (including phenoxy) is 1. The van der Waals surface area contributed by atoms with Crippen LogP contribution in [0.15, 0.2) is 84.0 Å². The molecule has 7 heteroatoms. The van der Waals surface area contributed by atoms with Gasteiger partial charge in [-0.15, -0.1) is 0 Å². The van der Waals surface area contributed by atoms with E-state index in [-0.39, 0.29) is 10.6 Å². The number of carbonyl (C=O) groups is 2. The third-order valence-corrected chi connectivity index (χ3v) is 5.50. The standard InChI is InChI=1S/C26H18Cl2N2O3/c1-16-6-8-18(9-7-16)26(32)33-24-13-10-17-4-2-3-5-20(17)22(24)15-29-30-25(31)21-12-11-19(27)14-23(21)28/h2-15H,1H3,(H,30,31)/b29-15+. The summed E-state index contributed by atoms with van der Waals surface area (Å²) in [7, 11) is 0. The summed E-state index contributed by atoms with van der Waals surface area (Å²) in [5.74, 6) is -0.662. The lowest BCUT2D eigenvalue weighted by Gasteiger charge is -2.11. The number of carbonyl (C=O) groups excluding carboxylic acids is 2. The highest BCUT2D eigenvalue weighted by Crippen LogP contribution is 2.27. The summed E-state index contributed by atoms with van der Waals surface area (Å²) in [6.07, 6.45) is 1.45. The zero-order valence-electron chi connectivity index (χ0n) is 17.5. The summed E-state index contributed by atoms with van der Waals surface area (Å²) in [6.45, 7) is 1.94. The van der Waals surface area contributed by atoms with Crippen molar-refractivity contribution in [2.24, 2.45) is 5.10 Å². The van der Waals surface area contributed by atoms with E-state index in [9.17, 15) is 9.59 Å². The quantitative estimate of drug-likeness (QED) is 0.156. The fourth-order valence-corrected chi connectivity index (χ4v) is 3.73. The Labute approximate surface area is 200 Å². The number of benzene rings is 4. The molecule has 164 valence electrons. The van der Waals surface area contributed by atoms with Crippen LogP contribution < -0.4 is 10.2 Å². The first kappa shape index (κ1) is 22.5. The van der Waals surface area contributed by atoms with Crippen molar-refractivity contribution in [2.45, 2.75) is 6.92 Å². The SMILES string of the molecule is Cc1ccc(C(=O)Oc2ccc3ccccc3c2/C=N/NC(=O)c2ccc(Cl)cc2Cl)cc1. The first-order valence-corrected chi connectivity index (χ1v) is 10.8. The molecule has 0 aliphatic heterocycles. The molecule has 0 heterocycles. The average molecular weight is 477 g/mol. The zero-order valence-corrected chi connectivity index (χ0v) is 19.0. The van der Waals surface area contributed by atoms with Crippen molar-refractivity contribution in [1.82, 2.24) is 5.43 Å². The van der Waals surface area contributed by atoms with Crippen LogP contribution in [0.2, 0.25) is 10.0 Å². The molecule has 1 N–H and O–H groups in total. The number of nitrogens with one attached hydrogen (secondary N) is 1. The van der Waals surface area contributed by atoms with Gasteiger partial charge in [0.15, 0.2) is 0 Å². The van der Waals surface area contributed by atoms with E-state index in [0.717, 1.165) is 16.3 Å². The van der Waals surface area contributed by atoms with Gasteiger partial charge < -0.3 is 4.74 Å². The van der Waals surface area contributed by atoms with Gasteiger partial charge in [-0.05, 0) is 54.1 Å². The molecule has 0 unspecified atom stereocenters. The van der Waals surface area contributed by atoms with E-state index in [1.807, 2.05) is 49.4 Å². The number of nitrogens with zero attached hydrogens (tertiary/aromatic N) is 1. The Morgan fingerprint density at radius 3 is 2.45 bits per heavy atom. The van der Waals surface area contributed by atoms with Gasteiger partial charge in [-0.3, -0.25) is 4.79 Å². The van der Waals surface area contributed by atoms with Crippen molar-refractivity contribution in [3.05, 3.63) is 111 Å². The van der Waals surface area contributed by atoms with Crippen LogP contribution in [0, 0.1) is 6.92 Å². The van der Waals surface area contributed by atoms with Crippen molar-refractivity contribution in [3.63, 3.8) is 0 Å². The summed E-state index contributed by atoms with van der Waals surface area (Å²) in [5, 5.41) is 6.46. The van der Waals surface area contributed by atoms with Crippen LogP contribution in [0.4, 0.5) is 0 Å². The summed E-state index contributed by atoms with van der Waals surface area (Å²) in [4.78, 5) is 25.2. The van der Waals surface area contributed by atoms with E-state index in [1.54, 1.807) is 24.3 Å².